The molecule has 8 nitrogen and oxygen atoms in total. The Morgan fingerprint density at radius 1 is 0.179 bits per heavy atom. The Kier molecular flexibility index (Phi) is 12.4. The Balaban J connectivity index is 0.696. The third-order valence-corrected chi connectivity index (χ3v) is 22.1. The van der Waals surface area contributed by atoms with Gasteiger partial charge in [-0.1, -0.05) is 194 Å². The maximum Gasteiger partial charge on any atom is 0.160 e. The van der Waals surface area contributed by atoms with Gasteiger partial charge in [0.05, 0.1) is 55.3 Å². The Hall–Kier alpha value is -14.3. The minimum absolute atomic E-state index is 0.616. The molecule has 23 aromatic rings. The highest BCUT2D eigenvalue weighted by Gasteiger charge is 2.24. The minimum atomic E-state index is 0.616. The van der Waals surface area contributed by atoms with E-state index in [1.807, 2.05) is 24.3 Å². The molecule has 0 aliphatic heterocycles. The summed E-state index contributed by atoms with van der Waals surface area (Å²) in [5.74, 6) is 0.616. The molecule has 492 valence electrons. The summed E-state index contributed by atoms with van der Waals surface area (Å²) in [6.07, 6.45) is 0. The number of hydrogen-bond donors (Lipinski definition) is 0. The van der Waals surface area contributed by atoms with Gasteiger partial charge in [0, 0.05) is 104 Å². The summed E-state index contributed by atoms with van der Waals surface area (Å²) in [5, 5.41) is 14.8. The highest BCUT2D eigenvalue weighted by molar-refractivity contribution is 6.16. The van der Waals surface area contributed by atoms with Gasteiger partial charge in [0.25, 0.3) is 0 Å². The van der Waals surface area contributed by atoms with E-state index in [-0.39, 0.29) is 0 Å². The standard InChI is InChI=1S/C98H58N6O2/c1-2-20-67(21-3-1)101-85-31-12-5-23-71(85)78-52-59(37-43-89(78)101)60-38-44-90-79(53-60)72-24-6-13-32-86(72)102(90)68-22-18-19-65(49-68)97-77-29-4-11-30-84(77)99-98(100-97)66-50-69(103-87-33-14-7-25-73(87)80-54-61(39-45-91(80)103)63-41-47-95-82(56-63)75-27-9-16-35-93(75)105-95)58-70(51-66)104-88-34-15-8-26-74(88)81-55-62(40-46-92(81)104)64-42-48-96-83(57-64)76-28-10-17-36-94(76)106-96/h1-58H. The van der Waals surface area contributed by atoms with Crippen molar-refractivity contribution in [1.82, 2.24) is 28.2 Å². The smallest absolute Gasteiger partial charge is 0.160 e. The van der Waals surface area contributed by atoms with Gasteiger partial charge in [-0.2, -0.15) is 0 Å². The van der Waals surface area contributed by atoms with Gasteiger partial charge >= 0.3 is 0 Å². The van der Waals surface area contributed by atoms with Crippen LogP contribution in [0.15, 0.2) is 361 Å². The Morgan fingerprint density at radius 2 is 0.509 bits per heavy atom. The number of para-hydroxylation sites is 8. The zero-order chi connectivity index (χ0) is 69.2. The first-order valence-electron chi connectivity index (χ1n) is 36.1. The molecule has 0 amide bonds. The van der Waals surface area contributed by atoms with E-state index in [0.29, 0.717) is 5.82 Å². The van der Waals surface area contributed by atoms with Crippen molar-refractivity contribution >= 4 is 142 Å². The fraction of sp³-hybridized carbons (Fsp3) is 0. The summed E-state index contributed by atoms with van der Waals surface area (Å²) in [4.78, 5) is 11.4. The Bertz CT molecular complexity index is 7420. The van der Waals surface area contributed by atoms with Crippen molar-refractivity contribution in [2.45, 2.75) is 0 Å². The third kappa shape index (κ3) is 8.82. The number of rotatable bonds is 9. The van der Waals surface area contributed by atoms with Crippen molar-refractivity contribution < 1.29 is 8.83 Å². The second-order valence-corrected chi connectivity index (χ2v) is 28.0. The van der Waals surface area contributed by atoms with Gasteiger partial charge in [-0.3, -0.25) is 0 Å². The number of furan rings is 2. The van der Waals surface area contributed by atoms with Crippen molar-refractivity contribution in [3.8, 4) is 78.8 Å². The van der Waals surface area contributed by atoms with E-state index in [1.54, 1.807) is 0 Å². The van der Waals surface area contributed by atoms with Gasteiger partial charge < -0.3 is 27.1 Å². The van der Waals surface area contributed by atoms with Gasteiger partial charge in [-0.05, 0) is 191 Å². The lowest BCUT2D eigenvalue weighted by atomic mass is 10.0. The second-order valence-electron chi connectivity index (χ2n) is 28.0. The molecule has 0 atom stereocenters. The van der Waals surface area contributed by atoms with Crippen LogP contribution in [0.2, 0.25) is 0 Å². The molecule has 8 heteroatoms. The van der Waals surface area contributed by atoms with Crippen LogP contribution in [-0.4, -0.2) is 28.2 Å². The summed E-state index contributed by atoms with van der Waals surface area (Å²) < 4.78 is 22.3. The predicted molar refractivity (Wildman–Crippen MR) is 439 cm³/mol. The lowest BCUT2D eigenvalue weighted by Gasteiger charge is -2.17. The summed E-state index contributed by atoms with van der Waals surface area (Å²) in [6.45, 7) is 0. The first-order valence-corrected chi connectivity index (χ1v) is 36.1. The summed E-state index contributed by atoms with van der Waals surface area (Å²) in [5.41, 5.74) is 27.0. The monoisotopic (exact) mass is 1350 g/mol. The quantitative estimate of drug-likeness (QED) is 0.144. The maximum absolute atomic E-state index is 6.31. The fourth-order valence-electron chi connectivity index (χ4n) is 17.3. The molecule has 0 aliphatic rings. The average molecular weight is 1350 g/mol. The van der Waals surface area contributed by atoms with Crippen LogP contribution in [0.4, 0.5) is 0 Å². The van der Waals surface area contributed by atoms with Crippen LogP contribution in [0.1, 0.15) is 0 Å². The van der Waals surface area contributed by atoms with Crippen LogP contribution in [0.5, 0.6) is 0 Å². The zero-order valence-corrected chi connectivity index (χ0v) is 57.0. The highest BCUT2D eigenvalue weighted by atomic mass is 16.3. The van der Waals surface area contributed by atoms with E-state index in [4.69, 9.17) is 18.8 Å². The van der Waals surface area contributed by atoms with Crippen LogP contribution in [0.3, 0.4) is 0 Å². The van der Waals surface area contributed by atoms with Crippen LogP contribution in [0.25, 0.3) is 221 Å². The van der Waals surface area contributed by atoms with Gasteiger partial charge in [-0.25, -0.2) is 9.97 Å². The third-order valence-electron chi connectivity index (χ3n) is 22.1. The molecule has 0 bridgehead atoms. The van der Waals surface area contributed by atoms with E-state index < -0.39 is 0 Å². The molecule has 0 aliphatic carbocycles. The van der Waals surface area contributed by atoms with Gasteiger partial charge in [0.1, 0.15) is 22.3 Å². The molecule has 0 saturated heterocycles. The van der Waals surface area contributed by atoms with Crippen molar-refractivity contribution in [2.75, 3.05) is 0 Å². The molecule has 0 saturated carbocycles. The molecule has 0 fully saturated rings. The van der Waals surface area contributed by atoms with Crippen LogP contribution < -0.4 is 0 Å². The zero-order valence-electron chi connectivity index (χ0n) is 57.0. The Labute approximate surface area is 606 Å². The molecule has 0 spiro atoms. The van der Waals surface area contributed by atoms with Crippen LogP contribution in [0, 0.1) is 0 Å². The van der Waals surface area contributed by atoms with Crippen molar-refractivity contribution in [3.63, 3.8) is 0 Å². The molecule has 0 N–H and O–H groups in total. The molecular formula is C98H58N6O2. The molecule has 16 aromatic carbocycles. The second kappa shape index (κ2) is 22.6. The lowest BCUT2D eigenvalue weighted by molar-refractivity contribution is 0.668. The van der Waals surface area contributed by atoms with Gasteiger partial charge in [0.15, 0.2) is 5.82 Å². The number of nitrogens with zero attached hydrogens (tertiary/aromatic N) is 6. The number of hydrogen-bond acceptors (Lipinski definition) is 4. The molecule has 0 radical (unpaired) electrons. The topological polar surface area (TPSA) is 71.8 Å². The van der Waals surface area contributed by atoms with Crippen molar-refractivity contribution in [3.05, 3.63) is 352 Å². The summed E-state index contributed by atoms with van der Waals surface area (Å²) in [6, 6.07) is 128. The van der Waals surface area contributed by atoms with Gasteiger partial charge in [-0.15, -0.1) is 0 Å². The fourth-order valence-corrected chi connectivity index (χ4v) is 17.3. The first kappa shape index (κ1) is 58.3. The largest absolute Gasteiger partial charge is 0.456 e. The van der Waals surface area contributed by atoms with Crippen LogP contribution >= 0.6 is 0 Å². The predicted octanol–water partition coefficient (Wildman–Crippen LogP) is 26.2. The number of aromatic nitrogens is 6. The average Bonchev–Trinajstić information content (AvgIpc) is 1.56. The molecule has 7 aromatic heterocycles. The highest BCUT2D eigenvalue weighted by Crippen LogP contribution is 2.45. The normalized spacial score (nSPS) is 12.2. The molecular weight excluding hydrogens is 1290 g/mol. The maximum atomic E-state index is 6.31. The minimum Gasteiger partial charge on any atom is -0.456 e. The molecule has 0 unspecified atom stereocenters. The Morgan fingerprint density at radius 3 is 0.972 bits per heavy atom. The number of benzene rings is 16. The lowest BCUT2D eigenvalue weighted by Crippen LogP contribution is -2.02. The number of fused-ring (bicyclic) bond motifs is 19. The molecule has 7 heterocycles. The van der Waals surface area contributed by atoms with E-state index in [1.165, 1.54) is 38.1 Å². The van der Waals surface area contributed by atoms with Crippen molar-refractivity contribution in [1.29, 1.82) is 0 Å². The van der Waals surface area contributed by atoms with E-state index in [2.05, 4.69) is 346 Å². The van der Waals surface area contributed by atoms with E-state index in [0.717, 1.165) is 177 Å². The summed E-state index contributed by atoms with van der Waals surface area (Å²) >= 11 is 0. The molecule has 106 heavy (non-hydrogen) atoms. The van der Waals surface area contributed by atoms with Crippen LogP contribution in [-0.2, 0) is 0 Å². The van der Waals surface area contributed by atoms with Crippen molar-refractivity contribution in [2.24, 2.45) is 0 Å². The first-order chi connectivity index (χ1) is 52.5. The van der Waals surface area contributed by atoms with Gasteiger partial charge in [0.2, 0.25) is 0 Å². The SMILES string of the molecule is c1ccc(-n2c3ccccc3c3cc(-c4ccc5c(c4)c4ccccc4n5-c4cccc(-c5nc(-c6cc(-n7c8ccccc8c8cc(-c9ccc%10oc%11ccccc%11c%10c9)ccc87)cc(-n7c8ccccc8c8cc(-c9ccc%10oc%11ccccc%11c%10c9)ccc87)c6)nc6ccccc56)c4)ccc32)cc1. The summed E-state index contributed by atoms with van der Waals surface area (Å²) in [7, 11) is 0. The van der Waals surface area contributed by atoms with E-state index >= 15 is 0 Å². The van der Waals surface area contributed by atoms with E-state index in [9.17, 15) is 0 Å². The molecule has 23 rings (SSSR count).